The molecular weight excluding hydrogens is 684 g/mol. The van der Waals surface area contributed by atoms with E-state index in [1.165, 1.54) is 11.8 Å². The third-order valence-electron chi connectivity index (χ3n) is 9.59. The number of benzene rings is 1. The monoisotopic (exact) mass is 721 g/mol. The van der Waals surface area contributed by atoms with Crippen molar-refractivity contribution in [2.45, 2.75) is 114 Å². The summed E-state index contributed by atoms with van der Waals surface area (Å²) in [5.74, 6) is -1.17. The van der Waals surface area contributed by atoms with E-state index in [1.807, 2.05) is 9.80 Å². The minimum atomic E-state index is -4.88. The van der Waals surface area contributed by atoms with Gasteiger partial charge >= 0.3 is 18.3 Å². The van der Waals surface area contributed by atoms with Crippen LogP contribution in [0.3, 0.4) is 0 Å². The fraction of sp³-hybridized carbons (Fsp3) is 0.710. The average Bonchev–Trinajstić information content (AvgIpc) is 3.69. The predicted molar refractivity (Wildman–Crippen MR) is 162 cm³/mol. The quantitative estimate of drug-likeness (QED) is 0.280. The van der Waals surface area contributed by atoms with Crippen molar-refractivity contribution in [1.29, 1.82) is 0 Å². The zero-order chi connectivity index (χ0) is 33.3. The molecule has 2 bridgehead atoms. The van der Waals surface area contributed by atoms with Crippen molar-refractivity contribution in [2.24, 2.45) is 0 Å². The number of fused-ring (bicyclic) bond motifs is 4. The van der Waals surface area contributed by atoms with Crippen LogP contribution in [-0.4, -0.2) is 93.7 Å². The van der Waals surface area contributed by atoms with Gasteiger partial charge in [0, 0.05) is 24.4 Å². The Morgan fingerprint density at radius 2 is 1.98 bits per heavy atom. The van der Waals surface area contributed by atoms with Crippen LogP contribution in [0.1, 0.15) is 71.8 Å². The van der Waals surface area contributed by atoms with Crippen molar-refractivity contribution < 1.29 is 40.6 Å². The van der Waals surface area contributed by atoms with Gasteiger partial charge in [0.1, 0.15) is 35.9 Å². The van der Waals surface area contributed by atoms with E-state index in [1.54, 1.807) is 20.8 Å². The maximum absolute atomic E-state index is 15.8. The SMILES string of the molecule is CC(F)CN(C(=O)OC(C)(C)C)C1C[C@H]2CC[C@@H]1N2c1nc(OCC23CCCN2C[C@H](F)C3)nc2c(F)c(Br)c(C(F)(F)F)cc12. The van der Waals surface area contributed by atoms with Crippen LogP contribution in [0.2, 0.25) is 0 Å². The number of nitrogens with zero attached hydrogens (tertiary/aromatic N) is 5. The summed E-state index contributed by atoms with van der Waals surface area (Å²) in [6.45, 7) is 7.28. The van der Waals surface area contributed by atoms with Crippen molar-refractivity contribution >= 4 is 38.7 Å². The molecule has 6 rings (SSSR count). The van der Waals surface area contributed by atoms with Gasteiger partial charge < -0.3 is 19.3 Å². The first-order chi connectivity index (χ1) is 21.5. The van der Waals surface area contributed by atoms with Gasteiger partial charge in [-0.2, -0.15) is 23.1 Å². The number of carbonyl (C=O) groups is 1. The highest BCUT2D eigenvalue weighted by molar-refractivity contribution is 9.10. The van der Waals surface area contributed by atoms with Crippen LogP contribution in [-0.2, 0) is 10.9 Å². The maximum atomic E-state index is 15.8. The van der Waals surface area contributed by atoms with Crippen LogP contribution in [0, 0.1) is 5.82 Å². The number of aromatic nitrogens is 2. The largest absolute Gasteiger partial charge is 0.461 e. The number of ether oxygens (including phenoxy) is 2. The zero-order valence-corrected chi connectivity index (χ0v) is 27.7. The van der Waals surface area contributed by atoms with Crippen LogP contribution in [0.15, 0.2) is 10.5 Å². The van der Waals surface area contributed by atoms with Crippen LogP contribution >= 0.6 is 15.9 Å². The summed E-state index contributed by atoms with van der Waals surface area (Å²) in [4.78, 5) is 27.3. The average molecular weight is 723 g/mol. The fourth-order valence-electron chi connectivity index (χ4n) is 7.84. The lowest BCUT2D eigenvalue weighted by atomic mass is 9.94. The van der Waals surface area contributed by atoms with Gasteiger partial charge in [-0.15, -0.1) is 0 Å². The summed E-state index contributed by atoms with van der Waals surface area (Å²) in [6.07, 6.45) is -4.54. The molecule has 0 N–H and O–H groups in total. The summed E-state index contributed by atoms with van der Waals surface area (Å²) in [5.41, 5.74) is -2.98. The standard InChI is InChI=1S/C31H38BrF6N5O3/c1-16(33)13-42(28(44)46-29(2,3)4)22-10-18-6-7-21(22)43(18)26-19-11-20(31(36,37)38)23(32)24(35)25(19)39-27(40-26)45-15-30-8-5-9-41(30)14-17(34)12-30/h11,16-18,21-22H,5-10,12-15H2,1-4H3/t16?,17-,18-,21+,22?,30?/m1/s1. The Morgan fingerprint density at radius 3 is 2.65 bits per heavy atom. The molecule has 254 valence electrons. The number of amides is 1. The first-order valence-corrected chi connectivity index (χ1v) is 16.5. The summed E-state index contributed by atoms with van der Waals surface area (Å²) >= 11 is 2.78. The van der Waals surface area contributed by atoms with Crippen LogP contribution in [0.4, 0.5) is 37.0 Å². The fourth-order valence-corrected chi connectivity index (χ4v) is 8.37. The highest BCUT2D eigenvalue weighted by Gasteiger charge is 2.52. The molecule has 0 radical (unpaired) electrons. The summed E-state index contributed by atoms with van der Waals surface area (Å²) in [6, 6.07) is -0.691. The smallest absolute Gasteiger partial charge is 0.417 e. The van der Waals surface area contributed by atoms with Crippen molar-refractivity contribution in [3.63, 3.8) is 0 Å². The molecule has 1 aromatic carbocycles. The zero-order valence-electron chi connectivity index (χ0n) is 26.1. The Hall–Kier alpha value is -2.55. The molecule has 4 aliphatic heterocycles. The Balaban J connectivity index is 1.42. The number of anilines is 1. The molecular formula is C31H38BrF6N5O3. The number of hydrogen-bond donors (Lipinski definition) is 0. The minimum Gasteiger partial charge on any atom is -0.461 e. The summed E-state index contributed by atoms with van der Waals surface area (Å²) in [7, 11) is 0. The van der Waals surface area contributed by atoms with Gasteiger partial charge in [-0.3, -0.25) is 4.90 Å². The number of alkyl halides is 5. The Bertz CT molecular complexity index is 1510. The van der Waals surface area contributed by atoms with Crippen molar-refractivity contribution in [2.75, 3.05) is 31.1 Å². The number of rotatable bonds is 7. The molecule has 1 aromatic heterocycles. The van der Waals surface area contributed by atoms with Crippen molar-refractivity contribution in [1.82, 2.24) is 19.8 Å². The molecule has 15 heteroatoms. The topological polar surface area (TPSA) is 71.0 Å². The molecule has 4 aliphatic rings. The molecule has 2 aromatic rings. The lowest BCUT2D eigenvalue weighted by Crippen LogP contribution is -2.51. The molecule has 0 saturated carbocycles. The second-order valence-corrected chi connectivity index (χ2v) is 14.9. The molecule has 4 saturated heterocycles. The first-order valence-electron chi connectivity index (χ1n) is 15.7. The summed E-state index contributed by atoms with van der Waals surface area (Å²) in [5, 5.41) is -0.161. The molecule has 5 heterocycles. The van der Waals surface area contributed by atoms with Gasteiger partial charge in [-0.1, -0.05) is 0 Å². The normalized spacial score (nSPS) is 28.6. The molecule has 0 aliphatic carbocycles. The third kappa shape index (κ3) is 6.10. The second kappa shape index (κ2) is 11.9. The molecule has 8 nitrogen and oxygen atoms in total. The van der Waals surface area contributed by atoms with Gasteiger partial charge in [0.2, 0.25) is 0 Å². The van der Waals surface area contributed by atoms with E-state index in [0.29, 0.717) is 32.2 Å². The Kier molecular flexibility index (Phi) is 8.59. The van der Waals surface area contributed by atoms with Gasteiger partial charge in [0.25, 0.3) is 0 Å². The van der Waals surface area contributed by atoms with Gasteiger partial charge in [-0.05, 0) is 88.3 Å². The molecule has 3 unspecified atom stereocenters. The van der Waals surface area contributed by atoms with Gasteiger partial charge in [-0.25, -0.2) is 18.0 Å². The molecule has 4 fully saturated rings. The van der Waals surface area contributed by atoms with Gasteiger partial charge in [0.15, 0.2) is 5.82 Å². The van der Waals surface area contributed by atoms with Gasteiger partial charge in [0.05, 0.1) is 34.2 Å². The molecule has 1 amide bonds. The van der Waals surface area contributed by atoms with E-state index in [9.17, 15) is 26.7 Å². The molecule has 6 atom stereocenters. The van der Waals surface area contributed by atoms with E-state index in [4.69, 9.17) is 9.47 Å². The molecule has 46 heavy (non-hydrogen) atoms. The van der Waals surface area contributed by atoms with Crippen LogP contribution < -0.4 is 9.64 Å². The van der Waals surface area contributed by atoms with E-state index < -0.39 is 63.7 Å². The number of carbonyl (C=O) groups excluding carboxylic acids is 1. The van der Waals surface area contributed by atoms with Crippen molar-refractivity contribution in [3.05, 3.63) is 21.9 Å². The lowest BCUT2D eigenvalue weighted by Gasteiger charge is -2.36. The predicted octanol–water partition coefficient (Wildman–Crippen LogP) is 7.21. The highest BCUT2D eigenvalue weighted by atomic mass is 79.9. The lowest BCUT2D eigenvalue weighted by molar-refractivity contribution is -0.138. The van der Waals surface area contributed by atoms with E-state index in [-0.39, 0.29) is 48.3 Å². The second-order valence-electron chi connectivity index (χ2n) is 14.1. The van der Waals surface area contributed by atoms with E-state index >= 15 is 4.39 Å². The highest BCUT2D eigenvalue weighted by Crippen LogP contribution is 2.48. The van der Waals surface area contributed by atoms with E-state index in [0.717, 1.165) is 19.0 Å². The Labute approximate surface area is 271 Å². The number of hydrogen-bond acceptors (Lipinski definition) is 7. The molecule has 0 spiro atoms. The van der Waals surface area contributed by atoms with Crippen LogP contribution in [0.25, 0.3) is 10.9 Å². The summed E-state index contributed by atoms with van der Waals surface area (Å²) < 4.78 is 97.7. The third-order valence-corrected chi connectivity index (χ3v) is 10.4. The van der Waals surface area contributed by atoms with Crippen LogP contribution in [0.5, 0.6) is 6.01 Å². The van der Waals surface area contributed by atoms with E-state index in [2.05, 4.69) is 25.9 Å². The first kappa shape index (κ1) is 33.4. The van der Waals surface area contributed by atoms with Crippen molar-refractivity contribution in [3.8, 4) is 6.01 Å². The maximum Gasteiger partial charge on any atom is 0.417 e. The Morgan fingerprint density at radius 1 is 1.24 bits per heavy atom. The number of halogens is 7. The minimum absolute atomic E-state index is 0.0398.